The molecule has 0 fully saturated rings. The molecule has 21 heavy (non-hydrogen) atoms. The summed E-state index contributed by atoms with van der Waals surface area (Å²) in [6, 6.07) is 11.2. The van der Waals surface area contributed by atoms with E-state index in [2.05, 4.69) is 4.98 Å². The number of hydrogen-bond donors (Lipinski definition) is 2. The number of nitrogens with two attached hydrogens (primary N) is 1. The van der Waals surface area contributed by atoms with Crippen LogP contribution in [0.3, 0.4) is 0 Å². The summed E-state index contributed by atoms with van der Waals surface area (Å²) in [6.07, 6.45) is 0. The average Bonchev–Trinajstić information content (AvgIpc) is 2.85. The second-order valence-corrected chi connectivity index (χ2v) is 7.83. The van der Waals surface area contributed by atoms with Gasteiger partial charge in [-0.3, -0.25) is 0 Å². The van der Waals surface area contributed by atoms with Crippen LogP contribution >= 0.6 is 11.3 Å². The Morgan fingerprint density at radius 2 is 1.86 bits per heavy atom. The zero-order valence-electron chi connectivity index (χ0n) is 10.9. The van der Waals surface area contributed by atoms with Crippen LogP contribution in [0.5, 0.6) is 5.75 Å². The molecular weight excluding hydrogens is 308 g/mol. The van der Waals surface area contributed by atoms with Gasteiger partial charge in [0.15, 0.2) is 0 Å². The molecule has 0 bridgehead atoms. The van der Waals surface area contributed by atoms with Crippen LogP contribution in [0.2, 0.25) is 0 Å². The molecule has 0 unspecified atom stereocenters. The van der Waals surface area contributed by atoms with Crippen LogP contribution < -0.4 is 5.73 Å². The Bertz CT molecular complexity index is 900. The van der Waals surface area contributed by atoms with E-state index in [-0.39, 0.29) is 15.8 Å². The van der Waals surface area contributed by atoms with Crippen LogP contribution in [0, 0.1) is 0 Å². The van der Waals surface area contributed by atoms with Crippen molar-refractivity contribution < 1.29 is 13.5 Å². The predicted octanol–water partition coefficient (Wildman–Crippen LogP) is 2.56. The minimum Gasteiger partial charge on any atom is -0.508 e. The third kappa shape index (κ3) is 2.84. The number of nitrogen functional groups attached to an aromatic ring is 1. The van der Waals surface area contributed by atoms with E-state index in [9.17, 15) is 13.5 Å². The van der Waals surface area contributed by atoms with E-state index in [1.54, 1.807) is 30.3 Å². The van der Waals surface area contributed by atoms with Crippen LogP contribution in [-0.4, -0.2) is 18.5 Å². The quantitative estimate of drug-likeness (QED) is 0.723. The molecule has 0 spiro atoms. The smallest absolute Gasteiger partial charge is 0.210 e. The molecule has 7 heteroatoms. The van der Waals surface area contributed by atoms with Crippen molar-refractivity contribution in [3.63, 3.8) is 0 Å². The van der Waals surface area contributed by atoms with Gasteiger partial charge in [0.2, 0.25) is 14.2 Å². The van der Waals surface area contributed by atoms with Crippen molar-refractivity contribution in [2.45, 2.75) is 10.1 Å². The Labute approximate surface area is 125 Å². The Balaban J connectivity index is 1.97. The lowest BCUT2D eigenvalue weighted by atomic mass is 10.2. The first kappa shape index (κ1) is 13.8. The zero-order chi connectivity index (χ0) is 15.0. The Morgan fingerprint density at radius 1 is 1.14 bits per heavy atom. The number of hydrogen-bond acceptors (Lipinski definition) is 6. The lowest BCUT2D eigenvalue weighted by Crippen LogP contribution is -2.04. The van der Waals surface area contributed by atoms with E-state index in [0.29, 0.717) is 16.8 Å². The second-order valence-electron chi connectivity index (χ2n) is 4.63. The molecule has 2 aromatic carbocycles. The number of phenolic OH excluding ortho intramolecular Hbond substituents is 1. The summed E-state index contributed by atoms with van der Waals surface area (Å²) in [6.45, 7) is 0. The molecule has 5 nitrogen and oxygen atoms in total. The molecule has 0 saturated heterocycles. The van der Waals surface area contributed by atoms with Gasteiger partial charge in [-0.15, -0.1) is 11.3 Å². The number of nitrogens with zero attached hydrogens (tertiary/aromatic N) is 1. The summed E-state index contributed by atoms with van der Waals surface area (Å²) in [5.74, 6) is -0.0469. The number of phenols is 1. The molecular formula is C14H12N2O3S2. The van der Waals surface area contributed by atoms with Crippen molar-refractivity contribution in [1.29, 1.82) is 0 Å². The van der Waals surface area contributed by atoms with Gasteiger partial charge in [0, 0.05) is 5.69 Å². The van der Waals surface area contributed by atoms with Crippen molar-refractivity contribution >= 4 is 37.1 Å². The lowest BCUT2D eigenvalue weighted by Gasteiger charge is -2.01. The zero-order valence-corrected chi connectivity index (χ0v) is 12.5. The Morgan fingerprint density at radius 3 is 2.57 bits per heavy atom. The van der Waals surface area contributed by atoms with E-state index >= 15 is 0 Å². The van der Waals surface area contributed by atoms with Gasteiger partial charge in [-0.25, -0.2) is 13.4 Å². The fourth-order valence-corrected chi connectivity index (χ4v) is 4.62. The van der Waals surface area contributed by atoms with Gasteiger partial charge in [-0.05, 0) is 35.9 Å². The maximum absolute atomic E-state index is 12.4. The molecule has 3 aromatic rings. The molecule has 108 valence electrons. The number of sulfone groups is 1. The summed E-state index contributed by atoms with van der Waals surface area (Å²) >= 11 is 1.11. The van der Waals surface area contributed by atoms with Crippen molar-refractivity contribution in [3.8, 4) is 5.75 Å². The summed E-state index contributed by atoms with van der Waals surface area (Å²) in [5, 5.41) is 9.22. The molecule has 1 aromatic heterocycles. The maximum atomic E-state index is 12.4. The van der Waals surface area contributed by atoms with Crippen LogP contribution in [0.4, 0.5) is 5.69 Å². The largest absolute Gasteiger partial charge is 0.508 e. The highest BCUT2D eigenvalue weighted by atomic mass is 32.2. The number of benzene rings is 2. The van der Waals surface area contributed by atoms with Crippen LogP contribution in [0.25, 0.3) is 10.2 Å². The predicted molar refractivity (Wildman–Crippen MR) is 83.0 cm³/mol. The van der Waals surface area contributed by atoms with E-state index in [0.717, 1.165) is 16.0 Å². The normalized spacial score (nSPS) is 11.8. The molecule has 0 radical (unpaired) electrons. The van der Waals surface area contributed by atoms with E-state index in [1.165, 1.54) is 12.1 Å². The van der Waals surface area contributed by atoms with Crippen LogP contribution in [0.15, 0.2) is 46.8 Å². The molecule has 0 amide bonds. The van der Waals surface area contributed by atoms with Gasteiger partial charge in [0.1, 0.15) is 5.75 Å². The topological polar surface area (TPSA) is 93.3 Å². The average molecular weight is 320 g/mol. The van der Waals surface area contributed by atoms with Crippen LogP contribution in [-0.2, 0) is 15.6 Å². The molecule has 0 aliphatic carbocycles. The summed E-state index contributed by atoms with van der Waals surface area (Å²) in [7, 11) is -3.52. The molecule has 3 N–H and O–H groups in total. The molecule has 0 aliphatic rings. The minimum atomic E-state index is -3.52. The first-order valence-corrected chi connectivity index (χ1v) is 8.58. The van der Waals surface area contributed by atoms with Crippen molar-refractivity contribution in [2.24, 2.45) is 0 Å². The van der Waals surface area contributed by atoms with E-state index < -0.39 is 9.84 Å². The van der Waals surface area contributed by atoms with Gasteiger partial charge in [0.25, 0.3) is 0 Å². The number of thiazole rings is 1. The summed E-state index contributed by atoms with van der Waals surface area (Å²) < 4.78 is 25.6. The SMILES string of the molecule is Nc1ccc2nc(S(=O)(=O)Cc3ccc(O)cc3)sc2c1. The number of rotatable bonds is 3. The Kier molecular flexibility index (Phi) is 3.30. The summed E-state index contributed by atoms with van der Waals surface area (Å²) in [5.41, 5.74) is 7.49. The molecule has 0 atom stereocenters. The molecule has 0 aliphatic heterocycles. The lowest BCUT2D eigenvalue weighted by molar-refractivity contribution is 0.475. The highest BCUT2D eigenvalue weighted by molar-refractivity contribution is 7.92. The third-order valence-electron chi connectivity index (χ3n) is 2.95. The highest BCUT2D eigenvalue weighted by Gasteiger charge is 2.20. The number of aromatic hydroxyl groups is 1. The first-order chi connectivity index (χ1) is 9.94. The van der Waals surface area contributed by atoms with Gasteiger partial charge < -0.3 is 10.8 Å². The fraction of sp³-hybridized carbons (Fsp3) is 0.0714. The second kappa shape index (κ2) is 5.01. The summed E-state index contributed by atoms with van der Waals surface area (Å²) in [4.78, 5) is 4.16. The monoisotopic (exact) mass is 320 g/mol. The number of aromatic nitrogens is 1. The van der Waals surface area contributed by atoms with Crippen LogP contribution in [0.1, 0.15) is 5.56 Å². The van der Waals surface area contributed by atoms with E-state index in [4.69, 9.17) is 5.73 Å². The van der Waals surface area contributed by atoms with Gasteiger partial charge in [-0.2, -0.15) is 0 Å². The van der Waals surface area contributed by atoms with Gasteiger partial charge in [0.05, 0.1) is 16.0 Å². The minimum absolute atomic E-state index is 0.0798. The molecule has 1 heterocycles. The van der Waals surface area contributed by atoms with Gasteiger partial charge in [-0.1, -0.05) is 12.1 Å². The van der Waals surface area contributed by atoms with Crippen molar-refractivity contribution in [3.05, 3.63) is 48.0 Å². The van der Waals surface area contributed by atoms with E-state index in [1.807, 2.05) is 0 Å². The maximum Gasteiger partial charge on any atom is 0.210 e. The van der Waals surface area contributed by atoms with Gasteiger partial charge >= 0.3 is 0 Å². The molecule has 0 saturated carbocycles. The van der Waals surface area contributed by atoms with Crippen molar-refractivity contribution in [2.75, 3.05) is 5.73 Å². The Hall–Kier alpha value is -2.12. The standard InChI is InChI=1S/C14H12N2O3S2/c15-10-3-6-12-13(7-10)20-14(16-12)21(18,19)8-9-1-4-11(17)5-2-9/h1-7,17H,8,15H2. The first-order valence-electron chi connectivity index (χ1n) is 6.11. The number of fused-ring (bicyclic) bond motifs is 1. The number of anilines is 1. The van der Waals surface area contributed by atoms with Crippen molar-refractivity contribution in [1.82, 2.24) is 4.98 Å². The third-order valence-corrected chi connectivity index (χ3v) is 6.11. The molecule has 3 rings (SSSR count). The highest BCUT2D eigenvalue weighted by Crippen LogP contribution is 2.29. The fourth-order valence-electron chi connectivity index (χ4n) is 1.93.